The third-order valence-corrected chi connectivity index (χ3v) is 7.24. The lowest BCUT2D eigenvalue weighted by atomic mass is 10.1. The van der Waals surface area contributed by atoms with Crippen molar-refractivity contribution in [2.24, 2.45) is 0 Å². The number of benzene rings is 2. The summed E-state index contributed by atoms with van der Waals surface area (Å²) in [5, 5.41) is 12.5. The van der Waals surface area contributed by atoms with Gasteiger partial charge in [-0.25, -0.2) is 0 Å². The molecule has 1 aliphatic heterocycles. The topological polar surface area (TPSA) is 73.3 Å². The molecule has 0 amide bonds. The maximum atomic E-state index is 12.1. The fourth-order valence-corrected chi connectivity index (χ4v) is 4.67. The highest BCUT2D eigenvalue weighted by Gasteiger charge is 2.29. The van der Waals surface area contributed by atoms with E-state index in [9.17, 15) is 13.5 Å². The van der Waals surface area contributed by atoms with Crippen molar-refractivity contribution in [3.8, 4) is 5.75 Å². The van der Waals surface area contributed by atoms with Crippen LogP contribution in [0.2, 0.25) is 0 Å². The first-order valence-electron chi connectivity index (χ1n) is 9.16. The van der Waals surface area contributed by atoms with Crippen molar-refractivity contribution < 1.29 is 18.3 Å². The molecule has 0 radical (unpaired) electrons. The molecule has 1 aliphatic rings. The summed E-state index contributed by atoms with van der Waals surface area (Å²) in [6, 6.07) is 11.9. The number of ether oxygens (including phenoxy) is 1. The Morgan fingerprint density at radius 1 is 1.11 bits per heavy atom. The van der Waals surface area contributed by atoms with Gasteiger partial charge in [0.15, 0.2) is 0 Å². The van der Waals surface area contributed by atoms with Crippen LogP contribution >= 0.6 is 15.9 Å². The first kappa shape index (κ1) is 21.5. The lowest BCUT2D eigenvalue weighted by molar-refractivity contribution is 0.0565. The molecule has 1 saturated heterocycles. The first-order valence-corrected chi connectivity index (χ1v) is 11.3. The third-order valence-electron chi connectivity index (χ3n) is 4.80. The molecule has 7 nitrogen and oxygen atoms in total. The van der Waals surface area contributed by atoms with Gasteiger partial charge in [0.05, 0.1) is 0 Å². The number of halogens is 1. The minimum atomic E-state index is -3.37. The zero-order valence-electron chi connectivity index (χ0n) is 16.1. The van der Waals surface area contributed by atoms with Gasteiger partial charge in [-0.3, -0.25) is 4.90 Å². The smallest absolute Gasteiger partial charge is 0.281 e. The van der Waals surface area contributed by atoms with Gasteiger partial charge in [-0.15, -0.1) is 0 Å². The number of fused-ring (bicyclic) bond motifs is 1. The Balaban J connectivity index is 1.47. The second-order valence-corrected chi connectivity index (χ2v) is 10.2. The lowest BCUT2D eigenvalue weighted by Crippen LogP contribution is -2.53. The minimum absolute atomic E-state index is 0.193. The van der Waals surface area contributed by atoms with Crippen LogP contribution in [0.1, 0.15) is 0 Å². The second kappa shape index (κ2) is 9.06. The van der Waals surface area contributed by atoms with Crippen molar-refractivity contribution >= 4 is 36.9 Å². The summed E-state index contributed by atoms with van der Waals surface area (Å²) >= 11 is 3.46. The average Bonchev–Trinajstić information content (AvgIpc) is 2.66. The third kappa shape index (κ3) is 5.22. The van der Waals surface area contributed by atoms with E-state index in [0.717, 1.165) is 21.0 Å². The van der Waals surface area contributed by atoms with Gasteiger partial charge in [0, 0.05) is 51.3 Å². The zero-order valence-corrected chi connectivity index (χ0v) is 18.5. The van der Waals surface area contributed by atoms with Crippen molar-refractivity contribution in [2.75, 3.05) is 53.4 Å². The van der Waals surface area contributed by atoms with Crippen molar-refractivity contribution in [1.29, 1.82) is 0 Å². The second-order valence-electron chi connectivity index (χ2n) is 7.11. The van der Waals surface area contributed by atoms with E-state index < -0.39 is 16.3 Å². The molecule has 3 rings (SSSR count). The van der Waals surface area contributed by atoms with Crippen LogP contribution in [0.4, 0.5) is 0 Å². The number of rotatable bonds is 7. The molecule has 0 aromatic heterocycles. The van der Waals surface area contributed by atoms with Crippen molar-refractivity contribution in [2.45, 2.75) is 6.10 Å². The van der Waals surface area contributed by atoms with Gasteiger partial charge in [0.1, 0.15) is 18.5 Å². The van der Waals surface area contributed by atoms with Crippen LogP contribution in [-0.2, 0) is 10.2 Å². The zero-order chi connectivity index (χ0) is 20.3. The summed E-state index contributed by atoms with van der Waals surface area (Å²) in [4.78, 5) is 2.06. The number of hydrogen-bond acceptors (Lipinski definition) is 5. The Labute approximate surface area is 174 Å². The van der Waals surface area contributed by atoms with Crippen molar-refractivity contribution in [1.82, 2.24) is 13.5 Å². The molecule has 2 aromatic rings. The van der Waals surface area contributed by atoms with Crippen LogP contribution in [0.5, 0.6) is 5.75 Å². The molecule has 1 heterocycles. The molecule has 2 aromatic carbocycles. The van der Waals surface area contributed by atoms with Crippen LogP contribution in [0, 0.1) is 0 Å². The van der Waals surface area contributed by atoms with Gasteiger partial charge in [-0.1, -0.05) is 28.1 Å². The van der Waals surface area contributed by atoms with E-state index in [1.54, 1.807) is 0 Å². The number of aliphatic hydroxyl groups excluding tert-OH is 1. The quantitative estimate of drug-likeness (QED) is 0.665. The van der Waals surface area contributed by atoms with E-state index in [1.807, 2.05) is 36.4 Å². The predicted octanol–water partition coefficient (Wildman–Crippen LogP) is 1.77. The Hall–Kier alpha value is -1.23. The van der Waals surface area contributed by atoms with Gasteiger partial charge in [-0.2, -0.15) is 17.0 Å². The maximum Gasteiger partial charge on any atom is 0.281 e. The van der Waals surface area contributed by atoms with Crippen LogP contribution in [0.15, 0.2) is 40.9 Å². The van der Waals surface area contributed by atoms with Crippen LogP contribution in [0.3, 0.4) is 0 Å². The highest BCUT2D eigenvalue weighted by molar-refractivity contribution is 9.10. The summed E-state index contributed by atoms with van der Waals surface area (Å²) in [5.41, 5.74) is 0. The Bertz CT molecular complexity index is 915. The van der Waals surface area contributed by atoms with Gasteiger partial charge < -0.3 is 9.84 Å². The van der Waals surface area contributed by atoms with Crippen molar-refractivity contribution in [3.63, 3.8) is 0 Å². The van der Waals surface area contributed by atoms with E-state index in [4.69, 9.17) is 4.74 Å². The molecule has 0 spiro atoms. The first-order chi connectivity index (χ1) is 13.3. The Morgan fingerprint density at radius 3 is 2.43 bits per heavy atom. The van der Waals surface area contributed by atoms with Crippen molar-refractivity contribution in [3.05, 3.63) is 40.9 Å². The Morgan fingerprint density at radius 2 is 1.75 bits per heavy atom. The predicted molar refractivity (Wildman–Crippen MR) is 114 cm³/mol. The molecule has 1 N–H and O–H groups in total. The van der Waals surface area contributed by atoms with Crippen LogP contribution in [-0.4, -0.2) is 86.6 Å². The Kier molecular flexibility index (Phi) is 6.95. The SMILES string of the molecule is CN(C)S(=O)(=O)N1CCN(C[C@@H](O)COc2ccc3cc(Br)ccc3c2)CC1. The summed E-state index contributed by atoms with van der Waals surface area (Å²) in [6.07, 6.45) is -0.641. The van der Waals surface area contributed by atoms with Gasteiger partial charge in [-0.05, 0) is 35.0 Å². The van der Waals surface area contributed by atoms with Gasteiger partial charge in [0.2, 0.25) is 0 Å². The molecule has 0 unspecified atom stereocenters. The lowest BCUT2D eigenvalue weighted by Gasteiger charge is -2.35. The fourth-order valence-electron chi connectivity index (χ4n) is 3.20. The highest BCUT2D eigenvalue weighted by atomic mass is 79.9. The largest absolute Gasteiger partial charge is 0.491 e. The summed E-state index contributed by atoms with van der Waals surface area (Å²) in [5.74, 6) is 0.718. The number of nitrogens with zero attached hydrogens (tertiary/aromatic N) is 3. The number of piperazine rings is 1. The van der Waals surface area contributed by atoms with E-state index in [2.05, 4.69) is 20.8 Å². The molecule has 28 heavy (non-hydrogen) atoms. The molecule has 0 aliphatic carbocycles. The fraction of sp³-hybridized carbons (Fsp3) is 0.474. The monoisotopic (exact) mass is 471 g/mol. The molecular formula is C19H26BrN3O4S. The standard InChI is InChI=1S/C19H26BrN3O4S/c1-21(2)28(25,26)23-9-7-22(8-10-23)13-18(24)14-27-19-6-4-15-11-17(20)5-3-16(15)12-19/h3-6,11-12,18,24H,7-10,13-14H2,1-2H3/t18-/m1/s1. The normalized spacial score (nSPS) is 17.9. The molecule has 1 atom stereocenters. The molecule has 154 valence electrons. The summed E-state index contributed by atoms with van der Waals surface area (Å²) in [6.45, 7) is 2.68. The number of β-amino-alcohol motifs (C(OH)–C–C–N with tert-alkyl or cyclic N) is 1. The molecule has 0 saturated carbocycles. The molecule has 0 bridgehead atoms. The molecular weight excluding hydrogens is 446 g/mol. The van der Waals surface area contributed by atoms with Crippen LogP contribution in [0.25, 0.3) is 10.8 Å². The summed E-state index contributed by atoms with van der Waals surface area (Å²) < 4.78 is 33.8. The number of aliphatic hydroxyl groups is 1. The minimum Gasteiger partial charge on any atom is -0.491 e. The van der Waals surface area contributed by atoms with Gasteiger partial charge in [0.25, 0.3) is 10.2 Å². The van der Waals surface area contributed by atoms with Gasteiger partial charge >= 0.3 is 0 Å². The average molecular weight is 472 g/mol. The molecule has 1 fully saturated rings. The maximum absolute atomic E-state index is 12.1. The van der Waals surface area contributed by atoms with E-state index in [-0.39, 0.29) is 6.61 Å². The summed E-state index contributed by atoms with van der Waals surface area (Å²) in [7, 11) is -0.297. The van der Waals surface area contributed by atoms with E-state index >= 15 is 0 Å². The van der Waals surface area contributed by atoms with E-state index in [1.165, 1.54) is 22.7 Å². The van der Waals surface area contributed by atoms with E-state index in [0.29, 0.717) is 32.7 Å². The van der Waals surface area contributed by atoms with Crippen LogP contribution < -0.4 is 4.74 Å². The number of hydrogen-bond donors (Lipinski definition) is 1. The molecule has 9 heteroatoms. The highest BCUT2D eigenvalue weighted by Crippen LogP contribution is 2.24.